The molecule has 41 heavy (non-hydrogen) atoms. The lowest BCUT2D eigenvalue weighted by Crippen LogP contribution is -2.17. The van der Waals surface area contributed by atoms with Crippen LogP contribution in [0.25, 0.3) is 11.0 Å². The van der Waals surface area contributed by atoms with Gasteiger partial charge in [-0.3, -0.25) is 9.52 Å². The van der Waals surface area contributed by atoms with Crippen LogP contribution in [0, 0.1) is 6.92 Å². The molecule has 0 bridgehead atoms. The van der Waals surface area contributed by atoms with Crippen LogP contribution in [-0.2, 0) is 21.2 Å². The minimum Gasteiger partial charge on any atom is -0.497 e. The highest BCUT2D eigenvalue weighted by Crippen LogP contribution is 2.31. The summed E-state index contributed by atoms with van der Waals surface area (Å²) in [4.78, 5) is 21.5. The summed E-state index contributed by atoms with van der Waals surface area (Å²) >= 11 is 0. The van der Waals surface area contributed by atoms with Crippen LogP contribution in [0.4, 0.5) is 23.0 Å². The fourth-order valence-corrected chi connectivity index (χ4v) is 5.03. The number of carbonyl (C=O) groups excluding carboxylic acids is 1. The largest absolute Gasteiger partial charge is 0.497 e. The maximum Gasteiger partial charge on any atom is 0.263 e. The number of nitrogens with one attached hydrogen (secondary N) is 3. The number of aromatic nitrogens is 3. The molecule has 0 aliphatic rings. The molecule has 3 aromatic carbocycles. The molecule has 0 fully saturated rings. The summed E-state index contributed by atoms with van der Waals surface area (Å²) in [5, 5.41) is 9.61. The van der Waals surface area contributed by atoms with Gasteiger partial charge in [0.05, 0.1) is 42.3 Å². The fourth-order valence-electron chi connectivity index (χ4n) is 3.97. The fraction of sp³-hybridized carbons (Fsp3) is 0.143. The monoisotopic (exact) mass is 574 g/mol. The minimum absolute atomic E-state index is 0.0245. The maximum absolute atomic E-state index is 13.5. The van der Waals surface area contributed by atoms with Crippen LogP contribution < -0.4 is 24.8 Å². The number of anilines is 4. The van der Waals surface area contributed by atoms with Gasteiger partial charge in [0.15, 0.2) is 11.6 Å². The zero-order chi connectivity index (χ0) is 29.0. The van der Waals surface area contributed by atoms with E-state index >= 15 is 0 Å². The van der Waals surface area contributed by atoms with Crippen LogP contribution in [-0.4, -0.2) is 43.7 Å². The van der Waals surface area contributed by atoms with Gasteiger partial charge in [0.25, 0.3) is 10.0 Å². The van der Waals surface area contributed by atoms with Crippen LogP contribution in [0.15, 0.2) is 82.2 Å². The summed E-state index contributed by atoms with van der Waals surface area (Å²) in [6, 6.07) is 19.7. The third-order valence-electron chi connectivity index (χ3n) is 5.86. The number of amides is 1. The molecular weight excluding hydrogens is 548 g/mol. The smallest absolute Gasteiger partial charge is 0.263 e. The number of rotatable bonds is 10. The van der Waals surface area contributed by atoms with E-state index in [2.05, 4.69) is 30.5 Å². The van der Waals surface area contributed by atoms with Crippen molar-refractivity contribution in [3.8, 4) is 11.5 Å². The summed E-state index contributed by atoms with van der Waals surface area (Å²) in [6.45, 7) is 1.73. The molecule has 1 amide bonds. The molecule has 0 spiro atoms. The van der Waals surface area contributed by atoms with Crippen LogP contribution in [0.1, 0.15) is 11.5 Å². The Labute approximate surface area is 235 Å². The molecule has 0 saturated heterocycles. The lowest BCUT2D eigenvalue weighted by molar-refractivity contribution is -0.115. The Morgan fingerprint density at radius 1 is 0.854 bits per heavy atom. The number of hydrogen-bond acceptors (Lipinski definition) is 10. The standard InChI is InChI=1S/C28H26N6O6S/c1-17-11-20(33-40-17)15-26(35)29-18-7-6-8-23(14-18)41(36,37)34-28-27(31-24-9-4-5-10-25(24)32-28)30-19-12-21(38-2)16-22(13-19)39-3/h4-14,16H,15H2,1-3H3,(H,29,35)(H,30,31)(H,32,34). The highest BCUT2D eigenvalue weighted by Gasteiger charge is 2.20. The first-order chi connectivity index (χ1) is 19.7. The zero-order valence-corrected chi connectivity index (χ0v) is 23.2. The number of hydrogen-bond donors (Lipinski definition) is 3. The van der Waals surface area contributed by atoms with E-state index in [0.29, 0.717) is 45.4 Å². The van der Waals surface area contributed by atoms with Crippen molar-refractivity contribution in [2.24, 2.45) is 0 Å². The van der Waals surface area contributed by atoms with Crippen molar-refractivity contribution in [1.82, 2.24) is 15.1 Å². The summed E-state index contributed by atoms with van der Waals surface area (Å²) in [7, 11) is -1.10. The number of carbonyl (C=O) groups is 1. The van der Waals surface area contributed by atoms with E-state index in [1.54, 1.807) is 55.5 Å². The quantitative estimate of drug-likeness (QED) is 0.214. The van der Waals surface area contributed by atoms with E-state index in [1.807, 2.05) is 6.07 Å². The van der Waals surface area contributed by atoms with Gasteiger partial charge < -0.3 is 24.6 Å². The van der Waals surface area contributed by atoms with E-state index in [1.165, 1.54) is 32.4 Å². The molecule has 12 nitrogen and oxygen atoms in total. The van der Waals surface area contributed by atoms with E-state index in [0.717, 1.165) is 0 Å². The summed E-state index contributed by atoms with van der Waals surface area (Å²) in [5.74, 6) is 1.40. The van der Waals surface area contributed by atoms with Crippen LogP contribution in [0.2, 0.25) is 0 Å². The topological polar surface area (TPSA) is 158 Å². The second-order valence-corrected chi connectivity index (χ2v) is 10.6. The molecular formula is C28H26N6O6S. The number of methoxy groups -OCH3 is 2. The highest BCUT2D eigenvalue weighted by molar-refractivity contribution is 7.92. The van der Waals surface area contributed by atoms with Gasteiger partial charge in [-0.1, -0.05) is 23.4 Å². The van der Waals surface area contributed by atoms with Gasteiger partial charge in [0.2, 0.25) is 5.91 Å². The SMILES string of the molecule is COc1cc(Nc2nc3ccccc3nc2NS(=O)(=O)c2cccc(NC(=O)Cc3cc(C)on3)c2)cc(OC)c1. The van der Waals surface area contributed by atoms with Gasteiger partial charge >= 0.3 is 0 Å². The number of fused-ring (bicyclic) bond motifs is 1. The van der Waals surface area contributed by atoms with Crippen molar-refractivity contribution in [3.63, 3.8) is 0 Å². The van der Waals surface area contributed by atoms with Crippen LogP contribution in [0.3, 0.4) is 0 Å². The van der Waals surface area contributed by atoms with Crippen molar-refractivity contribution < 1.29 is 27.2 Å². The molecule has 5 aromatic rings. The Hall–Kier alpha value is -5.17. The molecule has 210 valence electrons. The number of ether oxygens (including phenoxy) is 2. The van der Waals surface area contributed by atoms with Crippen LogP contribution >= 0.6 is 0 Å². The Morgan fingerprint density at radius 2 is 1.54 bits per heavy atom. The lowest BCUT2D eigenvalue weighted by atomic mass is 10.2. The third-order valence-corrected chi connectivity index (χ3v) is 7.20. The van der Waals surface area contributed by atoms with E-state index in [9.17, 15) is 13.2 Å². The Kier molecular flexibility index (Phi) is 7.70. The molecule has 0 radical (unpaired) electrons. The second kappa shape index (κ2) is 11.5. The van der Waals surface area contributed by atoms with Crippen molar-refractivity contribution >= 4 is 50.0 Å². The highest BCUT2D eigenvalue weighted by atomic mass is 32.2. The first-order valence-electron chi connectivity index (χ1n) is 12.3. The first-order valence-corrected chi connectivity index (χ1v) is 13.8. The molecule has 13 heteroatoms. The van der Waals surface area contributed by atoms with Gasteiger partial charge in [0, 0.05) is 35.6 Å². The molecule has 0 aliphatic carbocycles. The van der Waals surface area contributed by atoms with Crippen molar-refractivity contribution in [1.29, 1.82) is 0 Å². The normalized spacial score (nSPS) is 11.2. The lowest BCUT2D eigenvalue weighted by Gasteiger charge is -2.15. The van der Waals surface area contributed by atoms with Gasteiger partial charge in [-0.05, 0) is 37.3 Å². The number of benzene rings is 3. The van der Waals surface area contributed by atoms with Crippen LogP contribution in [0.5, 0.6) is 11.5 Å². The number of nitrogens with zero attached hydrogens (tertiary/aromatic N) is 3. The molecule has 0 unspecified atom stereocenters. The number of para-hydroxylation sites is 2. The van der Waals surface area contributed by atoms with E-state index in [4.69, 9.17) is 14.0 Å². The molecule has 5 rings (SSSR count). The van der Waals surface area contributed by atoms with Gasteiger partial charge in [0.1, 0.15) is 17.3 Å². The molecule has 3 N–H and O–H groups in total. The third kappa shape index (κ3) is 6.53. The average Bonchev–Trinajstić information content (AvgIpc) is 3.37. The Bertz CT molecular complexity index is 1820. The van der Waals surface area contributed by atoms with Gasteiger partial charge in [-0.2, -0.15) is 0 Å². The van der Waals surface area contributed by atoms with Crippen molar-refractivity contribution in [2.45, 2.75) is 18.2 Å². The maximum atomic E-state index is 13.5. The van der Waals surface area contributed by atoms with Crippen molar-refractivity contribution in [3.05, 3.63) is 84.3 Å². The number of sulfonamides is 1. The summed E-state index contributed by atoms with van der Waals surface area (Å²) in [6.07, 6.45) is -0.0245. The number of aryl methyl sites for hydroxylation is 1. The predicted molar refractivity (Wildman–Crippen MR) is 153 cm³/mol. The minimum atomic E-state index is -4.16. The summed E-state index contributed by atoms with van der Waals surface area (Å²) in [5.41, 5.74) is 2.35. The second-order valence-electron chi connectivity index (χ2n) is 8.92. The molecule has 0 atom stereocenters. The van der Waals surface area contributed by atoms with Crippen molar-refractivity contribution in [2.75, 3.05) is 29.6 Å². The zero-order valence-electron chi connectivity index (χ0n) is 22.3. The molecule has 0 aliphatic heterocycles. The molecule has 2 aromatic heterocycles. The molecule has 2 heterocycles. The predicted octanol–water partition coefficient (Wildman–Crippen LogP) is 4.67. The first kappa shape index (κ1) is 27.4. The van der Waals surface area contributed by atoms with E-state index in [-0.39, 0.29) is 28.9 Å². The summed E-state index contributed by atoms with van der Waals surface area (Å²) < 4.78 is 45.2. The molecule has 0 saturated carbocycles. The average molecular weight is 575 g/mol. The van der Waals surface area contributed by atoms with Gasteiger partial charge in [-0.15, -0.1) is 0 Å². The Balaban J connectivity index is 1.44. The van der Waals surface area contributed by atoms with Gasteiger partial charge in [-0.25, -0.2) is 18.4 Å². The Morgan fingerprint density at radius 3 is 2.17 bits per heavy atom. The van der Waals surface area contributed by atoms with E-state index < -0.39 is 10.0 Å².